The Kier molecular flexibility index (Phi) is 6.12. The Morgan fingerprint density at radius 2 is 1.93 bits per heavy atom. The van der Waals surface area contributed by atoms with E-state index in [-0.39, 0.29) is 22.0 Å². The van der Waals surface area contributed by atoms with Crippen LogP contribution in [0.1, 0.15) is 5.76 Å². The summed E-state index contributed by atoms with van der Waals surface area (Å²) in [7, 11) is 0. The highest BCUT2D eigenvalue weighted by Crippen LogP contribution is 2.31. The van der Waals surface area contributed by atoms with E-state index in [9.17, 15) is 20.2 Å². The molecule has 29 heavy (non-hydrogen) atoms. The van der Waals surface area contributed by atoms with E-state index in [4.69, 9.17) is 16.0 Å². The molecule has 9 heteroatoms. The minimum absolute atomic E-state index is 0.0156. The number of nitro groups is 1. The average molecular weight is 473 g/mol. The highest BCUT2D eigenvalue weighted by molar-refractivity contribution is 9.10. The monoisotopic (exact) mass is 471 g/mol. The fourth-order valence-electron chi connectivity index (χ4n) is 2.41. The van der Waals surface area contributed by atoms with E-state index >= 15 is 0 Å². The zero-order valence-electron chi connectivity index (χ0n) is 14.6. The normalized spacial score (nSPS) is 11.0. The van der Waals surface area contributed by atoms with E-state index in [0.29, 0.717) is 17.0 Å². The lowest BCUT2D eigenvalue weighted by Crippen LogP contribution is -2.13. The summed E-state index contributed by atoms with van der Waals surface area (Å²) in [5.41, 5.74) is 0.576. The van der Waals surface area contributed by atoms with Crippen molar-refractivity contribution < 1.29 is 14.1 Å². The average Bonchev–Trinajstić information content (AvgIpc) is 3.16. The van der Waals surface area contributed by atoms with Gasteiger partial charge in [0.1, 0.15) is 28.2 Å². The van der Waals surface area contributed by atoms with Crippen molar-refractivity contribution in [1.29, 1.82) is 5.26 Å². The molecule has 0 fully saturated rings. The molecule has 0 saturated carbocycles. The predicted octanol–water partition coefficient (Wildman–Crippen LogP) is 5.82. The summed E-state index contributed by atoms with van der Waals surface area (Å²) >= 11 is 9.12. The van der Waals surface area contributed by atoms with Gasteiger partial charge in [-0.25, -0.2) is 0 Å². The molecule has 1 amide bonds. The summed E-state index contributed by atoms with van der Waals surface area (Å²) in [6.45, 7) is 0. The van der Waals surface area contributed by atoms with Gasteiger partial charge in [-0.15, -0.1) is 0 Å². The molecule has 0 unspecified atom stereocenters. The summed E-state index contributed by atoms with van der Waals surface area (Å²) in [6, 6.07) is 16.1. The second-order valence-corrected chi connectivity index (χ2v) is 7.08. The van der Waals surface area contributed by atoms with E-state index in [0.717, 1.165) is 4.47 Å². The fourth-order valence-corrected chi connectivity index (χ4v) is 2.86. The topological polar surface area (TPSA) is 109 Å². The quantitative estimate of drug-likeness (QED) is 0.218. The van der Waals surface area contributed by atoms with Crippen LogP contribution in [0.3, 0.4) is 0 Å². The van der Waals surface area contributed by atoms with Crippen LogP contribution in [0.5, 0.6) is 0 Å². The Morgan fingerprint density at radius 1 is 1.21 bits per heavy atom. The number of nitriles is 1. The number of carbonyl (C=O) groups is 1. The number of hydrogen-bond donors (Lipinski definition) is 1. The number of nitrogens with zero attached hydrogens (tertiary/aromatic N) is 2. The van der Waals surface area contributed by atoms with Gasteiger partial charge in [0.25, 0.3) is 11.6 Å². The van der Waals surface area contributed by atoms with Crippen LogP contribution < -0.4 is 5.32 Å². The second kappa shape index (κ2) is 8.73. The third-order valence-electron chi connectivity index (χ3n) is 3.81. The number of furan rings is 1. The standard InChI is InChI=1S/C20H11BrClN3O4/c21-14-2-4-15(5-3-14)24-20(26)13(11-23)9-16-6-8-19(29-16)12-1-7-17(22)18(10-12)25(27)28/h1-10H,(H,24,26)/b13-9+. The van der Waals surface area contributed by atoms with E-state index in [1.54, 1.807) is 42.5 Å². The van der Waals surface area contributed by atoms with Crippen LogP contribution in [0.15, 0.2) is 69.1 Å². The lowest BCUT2D eigenvalue weighted by atomic mass is 10.1. The van der Waals surface area contributed by atoms with Gasteiger partial charge < -0.3 is 9.73 Å². The molecule has 2 aromatic carbocycles. The number of hydrogen-bond acceptors (Lipinski definition) is 5. The third kappa shape index (κ3) is 4.90. The molecule has 0 radical (unpaired) electrons. The van der Waals surface area contributed by atoms with Crippen LogP contribution in [-0.2, 0) is 4.79 Å². The molecule has 1 N–H and O–H groups in total. The number of anilines is 1. The molecular formula is C20H11BrClN3O4. The molecule has 0 aliphatic rings. The zero-order valence-corrected chi connectivity index (χ0v) is 16.9. The molecular weight excluding hydrogens is 462 g/mol. The van der Waals surface area contributed by atoms with E-state index in [2.05, 4.69) is 21.2 Å². The minimum Gasteiger partial charge on any atom is -0.457 e. The van der Waals surface area contributed by atoms with Crippen molar-refractivity contribution in [3.63, 3.8) is 0 Å². The highest BCUT2D eigenvalue weighted by Gasteiger charge is 2.16. The maximum absolute atomic E-state index is 12.3. The predicted molar refractivity (Wildman–Crippen MR) is 112 cm³/mol. The van der Waals surface area contributed by atoms with Gasteiger partial charge >= 0.3 is 0 Å². The molecule has 1 aromatic heterocycles. The Labute approximate surface area is 178 Å². The molecule has 0 aliphatic carbocycles. The first-order chi connectivity index (χ1) is 13.9. The minimum atomic E-state index is -0.588. The molecule has 0 aliphatic heterocycles. The number of halogens is 2. The van der Waals surface area contributed by atoms with E-state index in [1.165, 1.54) is 18.2 Å². The lowest BCUT2D eigenvalue weighted by Gasteiger charge is -2.04. The van der Waals surface area contributed by atoms with Crippen molar-refractivity contribution in [2.45, 2.75) is 0 Å². The Bertz CT molecular complexity index is 1160. The third-order valence-corrected chi connectivity index (χ3v) is 4.66. The zero-order chi connectivity index (χ0) is 21.0. The molecule has 144 valence electrons. The van der Waals surface area contributed by atoms with Gasteiger partial charge in [0.05, 0.1) is 4.92 Å². The smallest absolute Gasteiger partial charge is 0.288 e. The number of carbonyl (C=O) groups excluding carboxylic acids is 1. The summed E-state index contributed by atoms with van der Waals surface area (Å²) in [5.74, 6) is -0.00311. The van der Waals surface area contributed by atoms with Gasteiger partial charge in [0, 0.05) is 27.9 Å². The first-order valence-corrected chi connectivity index (χ1v) is 9.27. The van der Waals surface area contributed by atoms with Crippen molar-refractivity contribution in [2.75, 3.05) is 5.32 Å². The number of amides is 1. The maximum Gasteiger partial charge on any atom is 0.288 e. The van der Waals surface area contributed by atoms with Crippen molar-refractivity contribution >= 4 is 50.9 Å². The number of nitro benzene ring substituents is 1. The largest absolute Gasteiger partial charge is 0.457 e. The highest BCUT2D eigenvalue weighted by atomic mass is 79.9. The van der Waals surface area contributed by atoms with Gasteiger partial charge in [-0.2, -0.15) is 5.26 Å². The van der Waals surface area contributed by atoms with Crippen LogP contribution in [0, 0.1) is 21.4 Å². The van der Waals surface area contributed by atoms with Crippen LogP contribution in [-0.4, -0.2) is 10.8 Å². The molecule has 0 bridgehead atoms. The van der Waals surface area contributed by atoms with Crippen molar-refractivity contribution in [2.24, 2.45) is 0 Å². The second-order valence-electron chi connectivity index (χ2n) is 5.76. The summed E-state index contributed by atoms with van der Waals surface area (Å²) in [5, 5.41) is 23.0. The molecule has 0 saturated heterocycles. The molecule has 0 spiro atoms. The maximum atomic E-state index is 12.3. The van der Waals surface area contributed by atoms with Crippen LogP contribution in [0.25, 0.3) is 17.4 Å². The SMILES string of the molecule is N#C/C(=C\c1ccc(-c2ccc(Cl)c([N+](=O)[O-])c2)o1)C(=O)Nc1ccc(Br)cc1. The van der Waals surface area contributed by atoms with Crippen molar-refractivity contribution in [3.8, 4) is 17.4 Å². The molecule has 3 rings (SSSR count). The molecule has 7 nitrogen and oxygen atoms in total. The van der Waals surface area contributed by atoms with Crippen LogP contribution in [0.4, 0.5) is 11.4 Å². The van der Waals surface area contributed by atoms with Gasteiger partial charge in [-0.3, -0.25) is 14.9 Å². The van der Waals surface area contributed by atoms with Gasteiger partial charge in [-0.1, -0.05) is 27.5 Å². The van der Waals surface area contributed by atoms with Gasteiger partial charge in [-0.05, 0) is 48.5 Å². The summed E-state index contributed by atoms with van der Waals surface area (Å²) in [6.07, 6.45) is 1.29. The molecule has 0 atom stereocenters. The molecule has 1 heterocycles. The Balaban J connectivity index is 1.83. The fraction of sp³-hybridized carbons (Fsp3) is 0. The van der Waals surface area contributed by atoms with E-state index in [1.807, 2.05) is 6.07 Å². The van der Waals surface area contributed by atoms with Crippen molar-refractivity contribution in [3.05, 3.63) is 85.5 Å². The first kappa shape index (κ1) is 20.3. The number of nitrogens with one attached hydrogen (secondary N) is 1. The van der Waals surface area contributed by atoms with Gasteiger partial charge in [0.2, 0.25) is 0 Å². The summed E-state index contributed by atoms with van der Waals surface area (Å²) < 4.78 is 6.47. The number of benzene rings is 2. The van der Waals surface area contributed by atoms with Crippen molar-refractivity contribution in [1.82, 2.24) is 0 Å². The summed E-state index contributed by atoms with van der Waals surface area (Å²) in [4.78, 5) is 22.8. The first-order valence-electron chi connectivity index (χ1n) is 8.10. The Hall–Kier alpha value is -3.41. The van der Waals surface area contributed by atoms with E-state index < -0.39 is 10.8 Å². The molecule has 3 aromatic rings. The number of rotatable bonds is 5. The van der Waals surface area contributed by atoms with Crippen LogP contribution in [0.2, 0.25) is 5.02 Å². The van der Waals surface area contributed by atoms with Gasteiger partial charge in [0.15, 0.2) is 0 Å². The van der Waals surface area contributed by atoms with Crippen LogP contribution >= 0.6 is 27.5 Å². The Morgan fingerprint density at radius 3 is 2.59 bits per heavy atom. The lowest BCUT2D eigenvalue weighted by molar-refractivity contribution is -0.384.